The van der Waals surface area contributed by atoms with Gasteiger partial charge in [-0.15, -0.1) is 11.3 Å². The Balaban J connectivity index is 1.56. The van der Waals surface area contributed by atoms with E-state index < -0.39 is 23.4 Å². The summed E-state index contributed by atoms with van der Waals surface area (Å²) in [6, 6.07) is 12.3. The van der Waals surface area contributed by atoms with Gasteiger partial charge in [0.2, 0.25) is 0 Å². The van der Waals surface area contributed by atoms with E-state index in [1.807, 2.05) is 13.8 Å². The van der Waals surface area contributed by atoms with Crippen molar-refractivity contribution in [2.24, 2.45) is 0 Å². The zero-order valence-corrected chi connectivity index (χ0v) is 18.3. The highest BCUT2D eigenvalue weighted by Crippen LogP contribution is 2.29. The molecule has 1 N–H and O–H groups in total. The Morgan fingerprint density at radius 1 is 1.06 bits per heavy atom. The standard InChI is InChI=1S/C22H21N3O6S/c1-3-24(4-2)21(27)14-5-7-16(8-6-14)23-20(26)13-31-22(28)19-12-15-11-17(25(29)30)9-10-18(15)32-19/h5-12H,3-4,13H2,1-2H3,(H,23,26). The molecule has 0 fully saturated rings. The first-order valence-electron chi connectivity index (χ1n) is 9.86. The van der Waals surface area contributed by atoms with Gasteiger partial charge in [0, 0.05) is 46.6 Å². The van der Waals surface area contributed by atoms with Gasteiger partial charge in [-0.3, -0.25) is 19.7 Å². The topological polar surface area (TPSA) is 119 Å². The number of nitro benzene ring substituents is 1. The predicted molar refractivity (Wildman–Crippen MR) is 121 cm³/mol. The molecule has 0 bridgehead atoms. The quantitative estimate of drug-likeness (QED) is 0.310. The molecule has 1 aromatic heterocycles. The summed E-state index contributed by atoms with van der Waals surface area (Å²) >= 11 is 1.13. The number of benzene rings is 2. The van der Waals surface area contributed by atoms with E-state index in [1.165, 1.54) is 18.2 Å². The van der Waals surface area contributed by atoms with Gasteiger partial charge in [0.15, 0.2) is 6.61 Å². The summed E-state index contributed by atoms with van der Waals surface area (Å²) in [7, 11) is 0. The van der Waals surface area contributed by atoms with Crippen molar-refractivity contribution in [1.82, 2.24) is 4.90 Å². The third kappa shape index (κ3) is 5.27. The maximum Gasteiger partial charge on any atom is 0.348 e. The maximum absolute atomic E-state index is 12.3. The molecule has 0 radical (unpaired) electrons. The molecular formula is C22H21N3O6S. The summed E-state index contributed by atoms with van der Waals surface area (Å²) in [5, 5.41) is 14.0. The Morgan fingerprint density at radius 3 is 2.38 bits per heavy atom. The number of carbonyl (C=O) groups excluding carboxylic acids is 3. The zero-order valence-electron chi connectivity index (χ0n) is 17.5. The van der Waals surface area contributed by atoms with Crippen LogP contribution in [0.2, 0.25) is 0 Å². The minimum Gasteiger partial charge on any atom is -0.451 e. The van der Waals surface area contributed by atoms with Gasteiger partial charge in [0.25, 0.3) is 17.5 Å². The monoisotopic (exact) mass is 455 g/mol. The number of hydrogen-bond acceptors (Lipinski definition) is 7. The Morgan fingerprint density at radius 2 is 1.75 bits per heavy atom. The van der Waals surface area contributed by atoms with E-state index in [0.29, 0.717) is 34.4 Å². The maximum atomic E-state index is 12.3. The number of non-ortho nitro benzene ring substituents is 1. The second-order valence-electron chi connectivity index (χ2n) is 6.77. The minimum absolute atomic E-state index is 0.0700. The molecule has 0 aliphatic heterocycles. The summed E-state index contributed by atoms with van der Waals surface area (Å²) < 4.78 is 5.76. The molecule has 3 aromatic rings. The molecule has 3 rings (SSSR count). The molecule has 32 heavy (non-hydrogen) atoms. The number of hydrogen-bond donors (Lipinski definition) is 1. The van der Waals surface area contributed by atoms with Crippen molar-refractivity contribution in [3.63, 3.8) is 0 Å². The lowest BCUT2D eigenvalue weighted by atomic mass is 10.2. The van der Waals surface area contributed by atoms with E-state index in [4.69, 9.17) is 4.74 Å². The van der Waals surface area contributed by atoms with Crippen LogP contribution in [0.1, 0.15) is 33.9 Å². The van der Waals surface area contributed by atoms with Crippen LogP contribution in [-0.4, -0.2) is 47.3 Å². The van der Waals surface area contributed by atoms with Crippen LogP contribution < -0.4 is 5.32 Å². The van der Waals surface area contributed by atoms with Crippen molar-refractivity contribution in [1.29, 1.82) is 0 Å². The molecule has 166 valence electrons. The average Bonchev–Trinajstić information content (AvgIpc) is 3.22. The third-order valence-corrected chi connectivity index (χ3v) is 5.81. The average molecular weight is 455 g/mol. The second kappa shape index (κ2) is 10.0. The van der Waals surface area contributed by atoms with Crippen molar-refractivity contribution >= 4 is 50.6 Å². The molecule has 2 aromatic carbocycles. The largest absolute Gasteiger partial charge is 0.451 e. The van der Waals surface area contributed by atoms with Crippen molar-refractivity contribution in [3.8, 4) is 0 Å². The van der Waals surface area contributed by atoms with E-state index >= 15 is 0 Å². The Labute approximate surface area is 187 Å². The first-order chi connectivity index (χ1) is 15.3. The fraction of sp³-hybridized carbons (Fsp3) is 0.227. The first-order valence-corrected chi connectivity index (χ1v) is 10.7. The number of rotatable bonds is 8. The zero-order chi connectivity index (χ0) is 23.3. The van der Waals surface area contributed by atoms with E-state index in [0.717, 1.165) is 11.3 Å². The number of nitrogens with zero attached hydrogens (tertiary/aromatic N) is 2. The Bertz CT molecular complexity index is 1170. The van der Waals surface area contributed by atoms with Crippen LogP contribution in [0.15, 0.2) is 48.5 Å². The lowest BCUT2D eigenvalue weighted by molar-refractivity contribution is -0.384. The van der Waals surface area contributed by atoms with Gasteiger partial charge in [-0.2, -0.15) is 0 Å². The van der Waals surface area contributed by atoms with Crippen LogP contribution in [0.25, 0.3) is 10.1 Å². The number of amides is 2. The minimum atomic E-state index is -0.691. The number of carbonyl (C=O) groups is 3. The molecule has 1 heterocycles. The van der Waals surface area contributed by atoms with Crippen LogP contribution in [-0.2, 0) is 9.53 Å². The third-order valence-electron chi connectivity index (χ3n) is 4.71. The van der Waals surface area contributed by atoms with Gasteiger partial charge >= 0.3 is 5.97 Å². The molecular weight excluding hydrogens is 434 g/mol. The number of nitro groups is 1. The van der Waals surface area contributed by atoms with E-state index in [2.05, 4.69) is 5.32 Å². The molecule has 0 spiro atoms. The lowest BCUT2D eigenvalue weighted by Crippen LogP contribution is -2.30. The highest BCUT2D eigenvalue weighted by molar-refractivity contribution is 7.20. The summed E-state index contributed by atoms with van der Waals surface area (Å²) in [5.41, 5.74) is 0.916. The number of fused-ring (bicyclic) bond motifs is 1. The molecule has 0 saturated heterocycles. The van der Waals surface area contributed by atoms with Crippen LogP contribution in [0, 0.1) is 10.1 Å². The number of nitrogens with one attached hydrogen (secondary N) is 1. The fourth-order valence-corrected chi connectivity index (χ4v) is 3.97. The molecule has 9 nitrogen and oxygen atoms in total. The van der Waals surface area contributed by atoms with Crippen molar-refractivity contribution in [3.05, 3.63) is 69.1 Å². The lowest BCUT2D eigenvalue weighted by Gasteiger charge is -2.18. The summed E-state index contributed by atoms with van der Waals surface area (Å²) in [4.78, 5) is 49.0. The van der Waals surface area contributed by atoms with E-state index in [1.54, 1.807) is 35.2 Å². The second-order valence-corrected chi connectivity index (χ2v) is 7.85. The summed E-state index contributed by atoms with van der Waals surface area (Å²) in [6.07, 6.45) is 0. The molecule has 0 unspecified atom stereocenters. The van der Waals surface area contributed by atoms with Gasteiger partial charge < -0.3 is 15.0 Å². The Kier molecular flexibility index (Phi) is 7.16. The number of anilines is 1. The van der Waals surface area contributed by atoms with Crippen LogP contribution >= 0.6 is 11.3 Å². The smallest absolute Gasteiger partial charge is 0.348 e. The van der Waals surface area contributed by atoms with Gasteiger partial charge in [-0.1, -0.05) is 0 Å². The number of esters is 1. The van der Waals surface area contributed by atoms with Crippen LogP contribution in [0.5, 0.6) is 0 Å². The van der Waals surface area contributed by atoms with Gasteiger partial charge in [-0.25, -0.2) is 4.79 Å². The molecule has 10 heteroatoms. The molecule has 0 atom stereocenters. The van der Waals surface area contributed by atoms with Gasteiger partial charge in [0.1, 0.15) is 4.88 Å². The van der Waals surface area contributed by atoms with Crippen LogP contribution in [0.3, 0.4) is 0 Å². The first kappa shape index (κ1) is 22.9. The summed E-state index contributed by atoms with van der Waals surface area (Å²) in [6.45, 7) is 4.53. The van der Waals surface area contributed by atoms with E-state index in [9.17, 15) is 24.5 Å². The normalized spacial score (nSPS) is 10.6. The molecule has 2 amide bonds. The van der Waals surface area contributed by atoms with Crippen LogP contribution in [0.4, 0.5) is 11.4 Å². The number of ether oxygens (including phenoxy) is 1. The van der Waals surface area contributed by atoms with Crippen molar-refractivity contribution in [2.75, 3.05) is 25.0 Å². The van der Waals surface area contributed by atoms with Crippen molar-refractivity contribution < 1.29 is 24.0 Å². The predicted octanol–water partition coefficient (Wildman–Crippen LogP) is 4.09. The fourth-order valence-electron chi connectivity index (χ4n) is 3.03. The Hall–Kier alpha value is -3.79. The SMILES string of the molecule is CCN(CC)C(=O)c1ccc(NC(=O)COC(=O)c2cc3cc([N+](=O)[O-])ccc3s2)cc1. The molecule has 0 saturated carbocycles. The highest BCUT2D eigenvalue weighted by Gasteiger charge is 2.16. The van der Waals surface area contributed by atoms with Gasteiger partial charge in [0.05, 0.1) is 4.92 Å². The number of thiophene rings is 1. The highest BCUT2D eigenvalue weighted by atomic mass is 32.1. The molecule has 0 aliphatic rings. The van der Waals surface area contributed by atoms with E-state index in [-0.39, 0.29) is 16.5 Å². The van der Waals surface area contributed by atoms with Gasteiger partial charge in [-0.05, 0) is 50.2 Å². The summed E-state index contributed by atoms with van der Waals surface area (Å²) in [5.74, 6) is -1.31. The van der Waals surface area contributed by atoms with Crippen molar-refractivity contribution in [2.45, 2.75) is 13.8 Å². The molecule has 0 aliphatic carbocycles.